The molecule has 2 atom stereocenters. The average Bonchev–Trinajstić information content (AvgIpc) is 3.47. The summed E-state index contributed by atoms with van der Waals surface area (Å²) in [4.78, 5) is 6.51. The summed E-state index contributed by atoms with van der Waals surface area (Å²) in [5.74, 6) is 0.216. The summed E-state index contributed by atoms with van der Waals surface area (Å²) in [6, 6.07) is 27.5. The van der Waals surface area contributed by atoms with E-state index in [9.17, 15) is 4.39 Å². The Morgan fingerprint density at radius 3 is 2.10 bits per heavy atom. The minimum atomic E-state index is -0.437. The molecule has 1 heterocycles. The molecule has 1 aliphatic carbocycles. The van der Waals surface area contributed by atoms with E-state index in [1.807, 2.05) is 35.4 Å². The van der Waals surface area contributed by atoms with Crippen LogP contribution < -0.4 is 5.06 Å². The predicted octanol–water partition coefficient (Wildman–Crippen LogP) is 6.58. The zero-order valence-corrected chi connectivity index (χ0v) is 16.7. The molecule has 3 aromatic carbocycles. The van der Waals surface area contributed by atoms with Gasteiger partial charge in [0.25, 0.3) is 0 Å². The molecule has 146 valence electrons. The van der Waals surface area contributed by atoms with E-state index in [1.54, 1.807) is 0 Å². The Morgan fingerprint density at radius 2 is 1.45 bits per heavy atom. The molecule has 3 heteroatoms. The molecule has 0 radical (unpaired) electrons. The molecular formula is C26H24FNO. The lowest BCUT2D eigenvalue weighted by atomic mass is 9.87. The van der Waals surface area contributed by atoms with Crippen molar-refractivity contribution in [1.82, 2.24) is 0 Å². The van der Waals surface area contributed by atoms with E-state index in [2.05, 4.69) is 56.3 Å². The molecule has 2 aliphatic rings. The van der Waals surface area contributed by atoms with Gasteiger partial charge in [-0.3, -0.25) is 4.84 Å². The van der Waals surface area contributed by atoms with Gasteiger partial charge in [0.1, 0.15) is 17.5 Å². The van der Waals surface area contributed by atoms with Crippen LogP contribution in [0.25, 0.3) is 0 Å². The molecule has 2 fully saturated rings. The third-order valence-corrected chi connectivity index (χ3v) is 5.91. The Bertz CT molecular complexity index is 1040. The number of hydrogen-bond acceptors (Lipinski definition) is 2. The summed E-state index contributed by atoms with van der Waals surface area (Å²) in [5, 5.41) is 2.00. The van der Waals surface area contributed by atoms with Crippen molar-refractivity contribution >= 4 is 5.69 Å². The Morgan fingerprint density at radius 1 is 0.828 bits per heavy atom. The van der Waals surface area contributed by atoms with Crippen molar-refractivity contribution in [3.8, 4) is 0 Å². The van der Waals surface area contributed by atoms with Crippen molar-refractivity contribution in [3.63, 3.8) is 0 Å². The van der Waals surface area contributed by atoms with E-state index in [-0.39, 0.29) is 11.9 Å². The monoisotopic (exact) mass is 385 g/mol. The number of allylic oxidation sites excluding steroid dienone is 1. The van der Waals surface area contributed by atoms with Crippen LogP contribution in [0.2, 0.25) is 0 Å². The van der Waals surface area contributed by atoms with Gasteiger partial charge in [0, 0.05) is 5.92 Å². The highest BCUT2D eigenvalue weighted by atomic mass is 19.1. The highest BCUT2D eigenvalue weighted by molar-refractivity contribution is 5.58. The summed E-state index contributed by atoms with van der Waals surface area (Å²) >= 11 is 0. The van der Waals surface area contributed by atoms with Crippen LogP contribution in [-0.4, -0.2) is 5.60 Å². The first kappa shape index (κ1) is 18.1. The molecule has 1 saturated carbocycles. The second kappa shape index (κ2) is 6.85. The molecule has 0 unspecified atom stereocenters. The third-order valence-electron chi connectivity index (χ3n) is 5.91. The van der Waals surface area contributed by atoms with Gasteiger partial charge in [0.05, 0.1) is 5.69 Å². The maximum atomic E-state index is 13.6. The smallest absolute Gasteiger partial charge is 0.123 e. The normalized spacial score (nSPS) is 25.3. The van der Waals surface area contributed by atoms with Crippen LogP contribution in [-0.2, 0) is 4.84 Å². The maximum Gasteiger partial charge on any atom is 0.123 e. The number of nitrogens with zero attached hydrogens (tertiary/aromatic N) is 1. The van der Waals surface area contributed by atoms with Gasteiger partial charge in [-0.15, -0.1) is 0 Å². The molecule has 0 bridgehead atoms. The summed E-state index contributed by atoms with van der Waals surface area (Å²) in [7, 11) is 0. The third kappa shape index (κ3) is 3.26. The Labute approximate surface area is 171 Å². The van der Waals surface area contributed by atoms with Crippen LogP contribution in [0.5, 0.6) is 0 Å². The molecule has 0 spiro atoms. The van der Waals surface area contributed by atoms with Crippen molar-refractivity contribution < 1.29 is 9.23 Å². The van der Waals surface area contributed by atoms with Gasteiger partial charge < -0.3 is 0 Å². The van der Waals surface area contributed by atoms with Crippen molar-refractivity contribution in [2.75, 3.05) is 5.06 Å². The Balaban J connectivity index is 1.64. The summed E-state index contributed by atoms with van der Waals surface area (Å²) in [6.45, 7) is 4.27. The van der Waals surface area contributed by atoms with E-state index in [4.69, 9.17) is 4.84 Å². The first-order valence-electron chi connectivity index (χ1n) is 10.1. The minimum absolute atomic E-state index is 0.0725. The second-order valence-electron chi connectivity index (χ2n) is 8.32. The van der Waals surface area contributed by atoms with Gasteiger partial charge >= 0.3 is 0 Å². The van der Waals surface area contributed by atoms with E-state index >= 15 is 0 Å². The summed E-state index contributed by atoms with van der Waals surface area (Å²) in [6.07, 6.45) is 1.05. The largest absolute Gasteiger partial charge is 0.262 e. The topological polar surface area (TPSA) is 12.5 Å². The van der Waals surface area contributed by atoms with Crippen LogP contribution in [0.3, 0.4) is 0 Å². The van der Waals surface area contributed by atoms with Crippen LogP contribution in [0.15, 0.2) is 96.1 Å². The summed E-state index contributed by atoms with van der Waals surface area (Å²) in [5.41, 5.74) is 5.69. The quantitative estimate of drug-likeness (QED) is 0.472. The van der Waals surface area contributed by atoms with E-state index < -0.39 is 5.60 Å². The van der Waals surface area contributed by atoms with E-state index in [0.29, 0.717) is 5.92 Å². The highest BCUT2D eigenvalue weighted by Crippen LogP contribution is 2.58. The number of hydroxylamine groups is 1. The molecule has 1 aliphatic heterocycles. The number of hydrogen-bond donors (Lipinski definition) is 0. The number of anilines is 1. The first-order valence-corrected chi connectivity index (χ1v) is 10.1. The number of rotatable bonds is 3. The van der Waals surface area contributed by atoms with E-state index in [1.165, 1.54) is 28.8 Å². The summed E-state index contributed by atoms with van der Waals surface area (Å²) < 4.78 is 13.6. The SMILES string of the molecule is CC1(C)ON(c2ccccc2)[C@H](c2ccc(F)cc2)/C1=C1\C[C@@H]1c1ccccc1. The number of para-hydroxylation sites is 1. The predicted molar refractivity (Wildman–Crippen MR) is 114 cm³/mol. The molecular weight excluding hydrogens is 361 g/mol. The van der Waals surface area contributed by atoms with Crippen molar-refractivity contribution in [2.24, 2.45) is 0 Å². The molecule has 1 saturated heterocycles. The van der Waals surface area contributed by atoms with Gasteiger partial charge in [-0.05, 0) is 61.2 Å². The lowest BCUT2D eigenvalue weighted by Crippen LogP contribution is -2.25. The first-order chi connectivity index (χ1) is 14.0. The van der Waals surface area contributed by atoms with Crippen LogP contribution in [0, 0.1) is 5.82 Å². The van der Waals surface area contributed by atoms with E-state index in [0.717, 1.165) is 17.7 Å². The minimum Gasteiger partial charge on any atom is -0.262 e. The molecule has 0 aromatic heterocycles. The highest BCUT2D eigenvalue weighted by Gasteiger charge is 2.50. The second-order valence-corrected chi connectivity index (χ2v) is 8.32. The van der Waals surface area contributed by atoms with Gasteiger partial charge in [-0.2, -0.15) is 0 Å². The molecule has 0 N–H and O–H groups in total. The van der Waals surface area contributed by atoms with Gasteiger partial charge in [0.15, 0.2) is 0 Å². The number of halogens is 1. The van der Waals surface area contributed by atoms with Gasteiger partial charge in [0.2, 0.25) is 0 Å². The molecule has 2 nitrogen and oxygen atoms in total. The van der Waals surface area contributed by atoms with Crippen molar-refractivity contribution in [3.05, 3.63) is 113 Å². The zero-order valence-electron chi connectivity index (χ0n) is 16.7. The molecule has 5 rings (SSSR count). The fourth-order valence-corrected chi connectivity index (χ4v) is 4.54. The standard InChI is InChI=1S/C26H24FNO/c1-26(2)24(23-17-22(23)18-9-5-3-6-10-18)25(19-13-15-20(27)16-14-19)28(29-26)21-11-7-4-8-12-21/h3-16,22,25H,17H2,1-2H3/b24-23-/t22-,25-/m1/s1. The average molecular weight is 385 g/mol. The maximum absolute atomic E-state index is 13.6. The fraction of sp³-hybridized carbons (Fsp3) is 0.231. The molecule has 0 amide bonds. The fourth-order valence-electron chi connectivity index (χ4n) is 4.54. The molecule has 29 heavy (non-hydrogen) atoms. The molecule has 3 aromatic rings. The van der Waals surface area contributed by atoms with Crippen LogP contribution in [0.4, 0.5) is 10.1 Å². The van der Waals surface area contributed by atoms with Gasteiger partial charge in [-0.25, -0.2) is 9.45 Å². The van der Waals surface area contributed by atoms with Crippen molar-refractivity contribution in [2.45, 2.75) is 37.8 Å². The zero-order chi connectivity index (χ0) is 20.0. The van der Waals surface area contributed by atoms with Crippen molar-refractivity contribution in [1.29, 1.82) is 0 Å². The lowest BCUT2D eigenvalue weighted by Gasteiger charge is -2.25. The lowest BCUT2D eigenvalue weighted by molar-refractivity contribution is 0.0302. The van der Waals surface area contributed by atoms with Gasteiger partial charge in [-0.1, -0.05) is 66.2 Å². The van der Waals surface area contributed by atoms with Crippen LogP contribution in [0.1, 0.15) is 43.4 Å². The Kier molecular flexibility index (Phi) is 4.29. The van der Waals surface area contributed by atoms with Crippen LogP contribution >= 0.6 is 0 Å². The number of benzene rings is 3. The Hall–Kier alpha value is -2.91.